The Labute approximate surface area is 284 Å². The fraction of sp³-hybridized carbons (Fsp3) is 0.805. The molecule has 0 fully saturated rings. The fourth-order valence-corrected chi connectivity index (χ4v) is 6.32. The summed E-state index contributed by atoms with van der Waals surface area (Å²) < 4.78 is 5.91. The van der Waals surface area contributed by atoms with Crippen LogP contribution >= 0.6 is 0 Å². The van der Waals surface area contributed by atoms with Crippen molar-refractivity contribution in [2.75, 3.05) is 6.61 Å². The zero-order chi connectivity index (χ0) is 33.3. The monoisotopic (exact) mass is 644 g/mol. The Hall–Kier alpha value is -1.88. The van der Waals surface area contributed by atoms with Gasteiger partial charge in [-0.05, 0) is 31.4 Å². The molecule has 0 unspecified atom stereocenters. The molecular weight excluding hydrogens is 570 g/mol. The number of hydrogen-bond acceptors (Lipinski definition) is 4. The van der Waals surface area contributed by atoms with Gasteiger partial charge in [0.1, 0.15) is 6.10 Å². The highest BCUT2D eigenvalue weighted by atomic mass is 16.5. The number of rotatable bonds is 33. The van der Waals surface area contributed by atoms with Gasteiger partial charge >= 0.3 is 5.97 Å². The lowest BCUT2D eigenvalue weighted by Gasteiger charge is -2.27. The van der Waals surface area contributed by atoms with Crippen molar-refractivity contribution in [3.63, 3.8) is 0 Å². The summed E-state index contributed by atoms with van der Waals surface area (Å²) in [6, 6.07) is 8.41. The maximum Gasteiger partial charge on any atom is 0.338 e. The van der Waals surface area contributed by atoms with Crippen molar-refractivity contribution in [2.45, 2.75) is 206 Å². The highest BCUT2D eigenvalue weighted by Gasteiger charge is 2.26. The average molecular weight is 644 g/mol. The first-order valence-electron chi connectivity index (χ1n) is 19.8. The SMILES string of the molecule is CCCCCCCCCCCCCCCC(=O)N[C@@H](CO)[C@@H](CCCCCCCCCCCCCCC)OC(=O)c1ccccc1. The maximum atomic E-state index is 12.9. The maximum absolute atomic E-state index is 12.9. The van der Waals surface area contributed by atoms with Crippen LogP contribution in [0.3, 0.4) is 0 Å². The molecule has 0 spiro atoms. The molecule has 0 aromatic heterocycles. The van der Waals surface area contributed by atoms with E-state index in [-0.39, 0.29) is 12.5 Å². The molecule has 0 aliphatic carbocycles. The summed E-state index contributed by atoms with van der Waals surface area (Å²) in [5.41, 5.74) is 0.493. The Morgan fingerprint density at radius 3 is 1.39 bits per heavy atom. The van der Waals surface area contributed by atoms with Crippen LogP contribution in [0.1, 0.15) is 204 Å². The molecule has 46 heavy (non-hydrogen) atoms. The van der Waals surface area contributed by atoms with Crippen LogP contribution in [0.4, 0.5) is 0 Å². The normalized spacial score (nSPS) is 12.6. The van der Waals surface area contributed by atoms with E-state index in [4.69, 9.17) is 4.74 Å². The van der Waals surface area contributed by atoms with Crippen LogP contribution in [0.15, 0.2) is 30.3 Å². The molecule has 1 rings (SSSR count). The van der Waals surface area contributed by atoms with E-state index in [2.05, 4.69) is 19.2 Å². The van der Waals surface area contributed by atoms with E-state index in [1.807, 2.05) is 18.2 Å². The van der Waals surface area contributed by atoms with Gasteiger partial charge in [-0.2, -0.15) is 0 Å². The van der Waals surface area contributed by atoms with Gasteiger partial charge < -0.3 is 15.2 Å². The number of esters is 1. The van der Waals surface area contributed by atoms with Crippen molar-refractivity contribution in [1.82, 2.24) is 5.32 Å². The number of ether oxygens (including phenoxy) is 1. The summed E-state index contributed by atoms with van der Waals surface area (Å²) in [5, 5.41) is 13.2. The molecule has 1 aromatic carbocycles. The van der Waals surface area contributed by atoms with Gasteiger partial charge in [0.25, 0.3) is 0 Å². The van der Waals surface area contributed by atoms with Crippen molar-refractivity contribution >= 4 is 11.9 Å². The van der Waals surface area contributed by atoms with Crippen LogP contribution in [-0.4, -0.2) is 35.7 Å². The Bertz CT molecular complexity index is 814. The second kappa shape index (κ2) is 31.7. The first kappa shape index (κ1) is 42.1. The number of benzene rings is 1. The molecule has 0 aliphatic rings. The van der Waals surface area contributed by atoms with E-state index in [0.29, 0.717) is 18.4 Å². The third-order valence-corrected chi connectivity index (χ3v) is 9.36. The van der Waals surface area contributed by atoms with Gasteiger partial charge in [-0.15, -0.1) is 0 Å². The van der Waals surface area contributed by atoms with E-state index < -0.39 is 18.1 Å². The second-order valence-corrected chi connectivity index (χ2v) is 13.7. The molecular formula is C41H73NO4. The topological polar surface area (TPSA) is 75.6 Å². The minimum Gasteiger partial charge on any atom is -0.456 e. The number of aliphatic hydroxyl groups excluding tert-OH is 1. The lowest BCUT2D eigenvalue weighted by Crippen LogP contribution is -2.47. The van der Waals surface area contributed by atoms with Gasteiger partial charge in [-0.1, -0.05) is 186 Å². The summed E-state index contributed by atoms with van der Waals surface area (Å²) in [6.07, 6.45) is 33.6. The van der Waals surface area contributed by atoms with Gasteiger partial charge in [0.05, 0.1) is 18.2 Å². The predicted molar refractivity (Wildman–Crippen MR) is 195 cm³/mol. The molecule has 5 heteroatoms. The van der Waals surface area contributed by atoms with Crippen LogP contribution in [0.25, 0.3) is 0 Å². The van der Waals surface area contributed by atoms with E-state index in [0.717, 1.165) is 25.7 Å². The fourth-order valence-electron chi connectivity index (χ4n) is 6.32. The molecule has 0 saturated heterocycles. The molecule has 2 atom stereocenters. The third-order valence-electron chi connectivity index (χ3n) is 9.36. The quantitative estimate of drug-likeness (QED) is 0.0590. The van der Waals surface area contributed by atoms with E-state index in [1.54, 1.807) is 12.1 Å². The minimum atomic E-state index is -0.584. The molecule has 0 saturated carbocycles. The van der Waals surface area contributed by atoms with E-state index in [9.17, 15) is 14.7 Å². The Morgan fingerprint density at radius 2 is 0.978 bits per heavy atom. The molecule has 1 aromatic rings. The molecule has 266 valence electrons. The number of hydrogen-bond donors (Lipinski definition) is 2. The Morgan fingerprint density at radius 1 is 0.587 bits per heavy atom. The van der Waals surface area contributed by atoms with E-state index >= 15 is 0 Å². The van der Waals surface area contributed by atoms with Crippen molar-refractivity contribution in [2.24, 2.45) is 0 Å². The van der Waals surface area contributed by atoms with Crippen molar-refractivity contribution in [1.29, 1.82) is 0 Å². The van der Waals surface area contributed by atoms with Gasteiger partial charge in [-0.3, -0.25) is 4.79 Å². The second-order valence-electron chi connectivity index (χ2n) is 13.7. The Kier molecular flexibility index (Phi) is 29.0. The average Bonchev–Trinajstić information content (AvgIpc) is 3.07. The van der Waals surface area contributed by atoms with Crippen LogP contribution in [0, 0.1) is 0 Å². The molecule has 0 aliphatic heterocycles. The van der Waals surface area contributed by atoms with Crippen molar-refractivity contribution < 1.29 is 19.4 Å². The standard InChI is InChI=1S/C41H73NO4/c1-3-5-7-9-11-13-15-17-19-21-23-25-30-34-39(46-41(45)37-32-28-27-29-33-37)38(36-43)42-40(44)35-31-26-24-22-20-18-16-14-12-10-8-6-4-2/h27-29,32-33,38-39,43H,3-26,30-31,34-36H2,1-2H3,(H,42,44)/t38-,39+/m0/s1. The summed E-state index contributed by atoms with van der Waals surface area (Å²) in [5.74, 6) is -0.460. The first-order valence-corrected chi connectivity index (χ1v) is 19.8. The largest absolute Gasteiger partial charge is 0.456 e. The lowest BCUT2D eigenvalue weighted by atomic mass is 10.0. The zero-order valence-corrected chi connectivity index (χ0v) is 30.2. The first-order chi connectivity index (χ1) is 22.6. The highest BCUT2D eigenvalue weighted by molar-refractivity contribution is 5.89. The highest BCUT2D eigenvalue weighted by Crippen LogP contribution is 2.18. The van der Waals surface area contributed by atoms with Crippen LogP contribution in [-0.2, 0) is 9.53 Å². The number of unbranched alkanes of at least 4 members (excludes halogenated alkanes) is 24. The van der Waals surface area contributed by atoms with Gasteiger partial charge in [0.15, 0.2) is 0 Å². The minimum absolute atomic E-state index is 0.0618. The molecule has 5 nitrogen and oxygen atoms in total. The third kappa shape index (κ3) is 24.3. The van der Waals surface area contributed by atoms with Crippen LogP contribution < -0.4 is 5.32 Å². The van der Waals surface area contributed by atoms with Gasteiger partial charge in [0, 0.05) is 6.42 Å². The molecule has 0 radical (unpaired) electrons. The summed E-state index contributed by atoms with van der Waals surface area (Å²) >= 11 is 0. The van der Waals surface area contributed by atoms with E-state index in [1.165, 1.54) is 141 Å². The van der Waals surface area contributed by atoms with Crippen molar-refractivity contribution in [3.8, 4) is 0 Å². The number of carbonyl (C=O) groups is 2. The molecule has 0 bridgehead atoms. The smallest absolute Gasteiger partial charge is 0.338 e. The van der Waals surface area contributed by atoms with Crippen LogP contribution in [0.2, 0.25) is 0 Å². The number of carbonyl (C=O) groups excluding carboxylic acids is 2. The predicted octanol–water partition coefficient (Wildman–Crippen LogP) is 11.7. The van der Waals surface area contributed by atoms with Gasteiger partial charge in [-0.25, -0.2) is 4.79 Å². The summed E-state index contributed by atoms with van der Waals surface area (Å²) in [4.78, 5) is 25.7. The lowest BCUT2D eigenvalue weighted by molar-refractivity contribution is -0.123. The zero-order valence-electron chi connectivity index (χ0n) is 30.2. The summed E-state index contributed by atoms with van der Waals surface area (Å²) in [7, 11) is 0. The number of amides is 1. The molecule has 1 amide bonds. The molecule has 2 N–H and O–H groups in total. The number of nitrogens with one attached hydrogen (secondary N) is 1. The summed E-state index contributed by atoms with van der Waals surface area (Å²) in [6.45, 7) is 4.29. The molecule has 0 heterocycles. The Balaban J connectivity index is 2.32. The van der Waals surface area contributed by atoms with Gasteiger partial charge in [0.2, 0.25) is 5.91 Å². The van der Waals surface area contributed by atoms with Crippen LogP contribution in [0.5, 0.6) is 0 Å². The number of aliphatic hydroxyl groups is 1. The van der Waals surface area contributed by atoms with Crippen molar-refractivity contribution in [3.05, 3.63) is 35.9 Å².